The maximum absolute atomic E-state index is 12.9. The molecular formula is C21H22ClN3O7S. The van der Waals surface area contributed by atoms with Crippen molar-refractivity contribution in [3.8, 4) is 5.75 Å². The van der Waals surface area contributed by atoms with E-state index < -0.39 is 40.5 Å². The number of fused-ring (bicyclic) bond motifs is 1. The lowest BCUT2D eigenvalue weighted by atomic mass is 10.1. The summed E-state index contributed by atoms with van der Waals surface area (Å²) in [5.41, 5.74) is 0.350. The van der Waals surface area contributed by atoms with Gasteiger partial charge in [-0.15, -0.1) is 0 Å². The second-order valence-electron chi connectivity index (χ2n) is 7.20. The summed E-state index contributed by atoms with van der Waals surface area (Å²) in [5, 5.41) is 2.42. The third kappa shape index (κ3) is 5.10. The van der Waals surface area contributed by atoms with Gasteiger partial charge >= 0.3 is 5.97 Å². The summed E-state index contributed by atoms with van der Waals surface area (Å²) in [5.74, 6) is -1.55. The molecule has 10 nitrogen and oxygen atoms in total. The first kappa shape index (κ1) is 24.5. The Morgan fingerprint density at radius 3 is 2.58 bits per heavy atom. The number of hydrogen-bond acceptors (Lipinski definition) is 7. The SMILES string of the molecule is CNC(=O)[C@H]1CN(C(=O)COC(=O)c2ccc(Cl)c(S(=O)(=O)N(C)C)c2)c2ccccc2O1. The van der Waals surface area contributed by atoms with Gasteiger partial charge in [-0.05, 0) is 30.3 Å². The fourth-order valence-electron chi connectivity index (χ4n) is 3.08. The number of esters is 1. The quantitative estimate of drug-likeness (QED) is 0.599. The molecule has 0 aromatic heterocycles. The lowest BCUT2D eigenvalue weighted by molar-refractivity contribution is -0.128. The molecule has 2 aromatic carbocycles. The highest BCUT2D eigenvalue weighted by Gasteiger charge is 2.33. The smallest absolute Gasteiger partial charge is 0.338 e. The monoisotopic (exact) mass is 495 g/mol. The first-order chi connectivity index (χ1) is 15.6. The Morgan fingerprint density at radius 2 is 1.91 bits per heavy atom. The minimum atomic E-state index is -3.90. The molecule has 12 heteroatoms. The number of likely N-dealkylation sites (N-methyl/N-ethyl adjacent to an activating group) is 1. The number of nitrogens with zero attached hydrogens (tertiary/aromatic N) is 2. The van der Waals surface area contributed by atoms with E-state index in [1.165, 1.54) is 38.2 Å². The Labute approximate surface area is 196 Å². The number of carbonyl (C=O) groups is 3. The summed E-state index contributed by atoms with van der Waals surface area (Å²) in [4.78, 5) is 38.5. The minimum Gasteiger partial charge on any atom is -0.477 e. The molecule has 3 rings (SSSR count). The second kappa shape index (κ2) is 9.77. The van der Waals surface area contributed by atoms with Gasteiger partial charge in [0.15, 0.2) is 12.7 Å². The van der Waals surface area contributed by atoms with Crippen molar-refractivity contribution >= 4 is 45.1 Å². The number of nitrogens with one attached hydrogen (secondary N) is 1. The highest BCUT2D eigenvalue weighted by molar-refractivity contribution is 7.89. The molecule has 2 amide bonds. The van der Waals surface area contributed by atoms with Gasteiger partial charge in [0.05, 0.1) is 22.8 Å². The van der Waals surface area contributed by atoms with E-state index in [1.54, 1.807) is 24.3 Å². The molecule has 2 aromatic rings. The molecule has 33 heavy (non-hydrogen) atoms. The molecule has 0 radical (unpaired) electrons. The van der Waals surface area contributed by atoms with Crippen LogP contribution >= 0.6 is 11.6 Å². The number of benzene rings is 2. The average molecular weight is 496 g/mol. The van der Waals surface area contributed by atoms with Crippen molar-refractivity contribution in [2.75, 3.05) is 39.2 Å². The lowest BCUT2D eigenvalue weighted by Gasteiger charge is -2.33. The van der Waals surface area contributed by atoms with Gasteiger partial charge < -0.3 is 19.7 Å². The van der Waals surface area contributed by atoms with Gasteiger partial charge in [0.25, 0.3) is 11.8 Å². The molecule has 0 bridgehead atoms. The van der Waals surface area contributed by atoms with Gasteiger partial charge in [0.1, 0.15) is 10.6 Å². The highest BCUT2D eigenvalue weighted by Crippen LogP contribution is 2.33. The van der Waals surface area contributed by atoms with E-state index in [0.29, 0.717) is 11.4 Å². The molecule has 0 unspecified atom stereocenters. The van der Waals surface area contributed by atoms with Gasteiger partial charge in [-0.3, -0.25) is 9.59 Å². The number of anilines is 1. The van der Waals surface area contributed by atoms with E-state index >= 15 is 0 Å². The molecule has 1 aliphatic rings. The van der Waals surface area contributed by atoms with Gasteiger partial charge in [-0.2, -0.15) is 0 Å². The molecule has 0 saturated heterocycles. The number of carbonyl (C=O) groups excluding carboxylic acids is 3. The summed E-state index contributed by atoms with van der Waals surface area (Å²) >= 11 is 5.99. The zero-order valence-corrected chi connectivity index (χ0v) is 19.6. The van der Waals surface area contributed by atoms with E-state index in [0.717, 1.165) is 10.4 Å². The fraction of sp³-hybridized carbons (Fsp3) is 0.286. The number of halogens is 1. The van der Waals surface area contributed by atoms with Crippen LogP contribution in [0.2, 0.25) is 5.02 Å². The van der Waals surface area contributed by atoms with Crippen molar-refractivity contribution in [3.63, 3.8) is 0 Å². The van der Waals surface area contributed by atoms with Gasteiger partial charge in [0, 0.05) is 21.1 Å². The van der Waals surface area contributed by atoms with Crippen LogP contribution in [0.15, 0.2) is 47.4 Å². The summed E-state index contributed by atoms with van der Waals surface area (Å²) in [6, 6.07) is 10.3. The first-order valence-electron chi connectivity index (χ1n) is 9.73. The lowest BCUT2D eigenvalue weighted by Crippen LogP contribution is -2.51. The van der Waals surface area contributed by atoms with Crippen molar-refractivity contribution < 1.29 is 32.3 Å². The number of hydrogen-bond donors (Lipinski definition) is 1. The van der Waals surface area contributed by atoms with Crippen molar-refractivity contribution in [2.24, 2.45) is 0 Å². The number of ether oxygens (including phenoxy) is 2. The van der Waals surface area contributed by atoms with Crippen molar-refractivity contribution in [3.05, 3.63) is 53.1 Å². The van der Waals surface area contributed by atoms with Crippen molar-refractivity contribution in [2.45, 2.75) is 11.0 Å². The molecular weight excluding hydrogens is 474 g/mol. The summed E-state index contributed by atoms with van der Waals surface area (Å²) in [6.45, 7) is -0.703. The van der Waals surface area contributed by atoms with Crippen molar-refractivity contribution in [1.29, 1.82) is 0 Å². The number of sulfonamides is 1. The van der Waals surface area contributed by atoms with Crippen LogP contribution in [0.5, 0.6) is 5.75 Å². The van der Waals surface area contributed by atoms with E-state index in [-0.39, 0.29) is 22.0 Å². The van der Waals surface area contributed by atoms with Crippen LogP contribution in [0.25, 0.3) is 0 Å². The van der Waals surface area contributed by atoms with E-state index in [1.807, 2.05) is 0 Å². The average Bonchev–Trinajstić information content (AvgIpc) is 2.80. The molecule has 0 saturated carbocycles. The first-order valence-corrected chi connectivity index (χ1v) is 11.5. The Balaban J connectivity index is 1.77. The second-order valence-corrected chi connectivity index (χ2v) is 9.73. The van der Waals surface area contributed by atoms with Crippen LogP contribution in [0.4, 0.5) is 5.69 Å². The maximum atomic E-state index is 12.9. The normalized spacial score (nSPS) is 15.4. The Bertz CT molecular complexity index is 1200. The Hall–Kier alpha value is -3.15. The Kier molecular flexibility index (Phi) is 7.25. The van der Waals surface area contributed by atoms with Crippen LogP contribution in [0, 0.1) is 0 Å². The van der Waals surface area contributed by atoms with Crippen LogP contribution in [-0.4, -0.2) is 70.9 Å². The van der Waals surface area contributed by atoms with Gasteiger partial charge in [-0.1, -0.05) is 23.7 Å². The topological polar surface area (TPSA) is 122 Å². The maximum Gasteiger partial charge on any atom is 0.338 e. The molecule has 0 fully saturated rings. The third-order valence-electron chi connectivity index (χ3n) is 4.87. The summed E-state index contributed by atoms with van der Waals surface area (Å²) in [7, 11) is 0.230. The molecule has 176 valence electrons. The molecule has 1 N–H and O–H groups in total. The number of amides is 2. The fourth-order valence-corrected chi connectivity index (χ4v) is 4.48. The van der Waals surface area contributed by atoms with Crippen LogP contribution < -0.4 is 15.0 Å². The molecule has 0 aliphatic carbocycles. The molecule has 1 aliphatic heterocycles. The van der Waals surface area contributed by atoms with Gasteiger partial charge in [0.2, 0.25) is 10.0 Å². The minimum absolute atomic E-state index is 0.0542. The molecule has 0 spiro atoms. The van der Waals surface area contributed by atoms with E-state index in [4.69, 9.17) is 21.1 Å². The standard InChI is InChI=1S/C21H22ClN3O7S/c1-23-20(27)17-11-25(15-6-4-5-7-16(15)32-17)19(26)12-31-21(28)13-8-9-14(22)18(10-13)33(29,30)24(2)3/h4-10,17H,11-12H2,1-3H3,(H,23,27)/t17-/m1/s1. The number of para-hydroxylation sites is 2. The van der Waals surface area contributed by atoms with E-state index in [2.05, 4.69) is 5.32 Å². The predicted molar refractivity (Wildman–Crippen MR) is 120 cm³/mol. The van der Waals surface area contributed by atoms with Crippen LogP contribution in [0.1, 0.15) is 10.4 Å². The van der Waals surface area contributed by atoms with Crippen LogP contribution in [-0.2, 0) is 24.3 Å². The van der Waals surface area contributed by atoms with Crippen LogP contribution in [0.3, 0.4) is 0 Å². The summed E-state index contributed by atoms with van der Waals surface area (Å²) in [6.07, 6.45) is -0.931. The highest BCUT2D eigenvalue weighted by atomic mass is 35.5. The van der Waals surface area contributed by atoms with Crippen molar-refractivity contribution in [1.82, 2.24) is 9.62 Å². The number of rotatable bonds is 6. The largest absolute Gasteiger partial charge is 0.477 e. The summed E-state index contributed by atoms with van der Waals surface area (Å²) < 4.78 is 36.6. The zero-order chi connectivity index (χ0) is 24.3. The predicted octanol–water partition coefficient (Wildman–Crippen LogP) is 1.29. The molecule has 1 heterocycles. The zero-order valence-electron chi connectivity index (χ0n) is 18.1. The van der Waals surface area contributed by atoms with Gasteiger partial charge in [-0.25, -0.2) is 17.5 Å². The Morgan fingerprint density at radius 1 is 1.21 bits per heavy atom. The van der Waals surface area contributed by atoms with E-state index in [9.17, 15) is 22.8 Å². The third-order valence-corrected chi connectivity index (χ3v) is 7.16. The molecule has 1 atom stereocenters.